The first kappa shape index (κ1) is 18.6. The average molecular weight is 355 g/mol. The lowest BCUT2D eigenvalue weighted by Gasteiger charge is -2.16. The first-order valence-corrected chi connectivity index (χ1v) is 8.27. The summed E-state index contributed by atoms with van der Waals surface area (Å²) in [4.78, 5) is 25.1. The predicted octanol–water partition coefficient (Wildman–Crippen LogP) is 3.03. The molecule has 0 radical (unpaired) electrons. The molecule has 0 saturated carbocycles. The SMILES string of the molecule is CC(=O)N(C)c1cccc(NC(=S)NC(=O)Cc2ccccc2C)c1. The van der Waals surface area contributed by atoms with Crippen LogP contribution in [-0.2, 0) is 16.0 Å². The molecule has 6 heteroatoms. The molecule has 0 aliphatic rings. The van der Waals surface area contributed by atoms with Gasteiger partial charge >= 0.3 is 0 Å². The summed E-state index contributed by atoms with van der Waals surface area (Å²) >= 11 is 5.20. The van der Waals surface area contributed by atoms with E-state index >= 15 is 0 Å². The van der Waals surface area contributed by atoms with Gasteiger partial charge in [-0.05, 0) is 48.5 Å². The van der Waals surface area contributed by atoms with Crippen LogP contribution in [0.15, 0.2) is 48.5 Å². The van der Waals surface area contributed by atoms with Crippen LogP contribution >= 0.6 is 12.2 Å². The Hall–Kier alpha value is -2.73. The molecule has 0 aliphatic carbocycles. The van der Waals surface area contributed by atoms with Crippen molar-refractivity contribution in [1.29, 1.82) is 0 Å². The van der Waals surface area contributed by atoms with Crippen molar-refractivity contribution in [3.63, 3.8) is 0 Å². The van der Waals surface area contributed by atoms with Gasteiger partial charge in [-0.1, -0.05) is 30.3 Å². The highest BCUT2D eigenvalue weighted by molar-refractivity contribution is 7.80. The van der Waals surface area contributed by atoms with Crippen molar-refractivity contribution in [1.82, 2.24) is 5.32 Å². The Balaban J connectivity index is 1.96. The maximum atomic E-state index is 12.1. The number of nitrogens with one attached hydrogen (secondary N) is 2. The number of amides is 2. The minimum absolute atomic E-state index is 0.0636. The summed E-state index contributed by atoms with van der Waals surface area (Å²) in [6.45, 7) is 3.47. The number of nitrogens with zero attached hydrogens (tertiary/aromatic N) is 1. The number of hydrogen-bond acceptors (Lipinski definition) is 3. The third kappa shape index (κ3) is 5.39. The highest BCUT2D eigenvalue weighted by Crippen LogP contribution is 2.18. The fourth-order valence-electron chi connectivity index (χ4n) is 2.29. The largest absolute Gasteiger partial charge is 0.332 e. The lowest BCUT2D eigenvalue weighted by molar-refractivity contribution is -0.119. The third-order valence-electron chi connectivity index (χ3n) is 3.83. The van der Waals surface area contributed by atoms with Crippen LogP contribution in [-0.4, -0.2) is 24.0 Å². The summed E-state index contributed by atoms with van der Waals surface area (Å²) in [6, 6.07) is 15.0. The van der Waals surface area contributed by atoms with Crippen molar-refractivity contribution in [3.05, 3.63) is 59.7 Å². The minimum atomic E-state index is -0.177. The third-order valence-corrected chi connectivity index (χ3v) is 4.03. The summed E-state index contributed by atoms with van der Waals surface area (Å²) in [6.07, 6.45) is 0.265. The Bertz CT molecular complexity index is 805. The number of anilines is 2. The molecular weight excluding hydrogens is 334 g/mol. The van der Waals surface area contributed by atoms with E-state index in [2.05, 4.69) is 10.6 Å². The van der Waals surface area contributed by atoms with Crippen LogP contribution in [0.1, 0.15) is 18.1 Å². The number of thiocarbonyl (C=S) groups is 1. The average Bonchev–Trinajstić information content (AvgIpc) is 2.56. The molecule has 2 rings (SSSR count). The number of benzene rings is 2. The van der Waals surface area contributed by atoms with E-state index in [0.29, 0.717) is 5.69 Å². The summed E-state index contributed by atoms with van der Waals surface area (Å²) in [5.74, 6) is -0.241. The van der Waals surface area contributed by atoms with E-state index in [1.54, 1.807) is 13.1 Å². The molecule has 0 aliphatic heterocycles. The van der Waals surface area contributed by atoms with E-state index in [1.807, 2.05) is 49.4 Å². The summed E-state index contributed by atoms with van der Waals surface area (Å²) < 4.78 is 0. The molecule has 0 saturated heterocycles. The zero-order valence-electron chi connectivity index (χ0n) is 14.5. The molecule has 2 aromatic carbocycles. The Labute approximate surface area is 153 Å². The highest BCUT2D eigenvalue weighted by Gasteiger charge is 2.09. The van der Waals surface area contributed by atoms with Gasteiger partial charge in [0, 0.05) is 25.3 Å². The molecule has 0 fully saturated rings. The second-order valence-corrected chi connectivity index (χ2v) is 6.14. The highest BCUT2D eigenvalue weighted by atomic mass is 32.1. The van der Waals surface area contributed by atoms with Crippen molar-refractivity contribution >= 4 is 40.5 Å². The number of carbonyl (C=O) groups is 2. The van der Waals surface area contributed by atoms with Gasteiger partial charge in [-0.25, -0.2) is 0 Å². The maximum absolute atomic E-state index is 12.1. The molecule has 5 nitrogen and oxygen atoms in total. The van der Waals surface area contributed by atoms with Crippen LogP contribution in [0.3, 0.4) is 0 Å². The van der Waals surface area contributed by atoms with Gasteiger partial charge in [0.15, 0.2) is 5.11 Å². The van der Waals surface area contributed by atoms with Crippen LogP contribution < -0.4 is 15.5 Å². The Kier molecular flexibility index (Phi) is 6.25. The van der Waals surface area contributed by atoms with Gasteiger partial charge in [0.1, 0.15) is 0 Å². The van der Waals surface area contributed by atoms with Crippen molar-refractivity contribution in [2.45, 2.75) is 20.3 Å². The lowest BCUT2D eigenvalue weighted by Crippen LogP contribution is -2.35. The maximum Gasteiger partial charge on any atom is 0.230 e. The first-order valence-electron chi connectivity index (χ1n) is 7.86. The molecule has 2 aromatic rings. The van der Waals surface area contributed by atoms with Crippen molar-refractivity contribution in [2.24, 2.45) is 0 Å². The topological polar surface area (TPSA) is 61.4 Å². The van der Waals surface area contributed by atoms with Gasteiger partial charge < -0.3 is 15.5 Å². The van der Waals surface area contributed by atoms with Gasteiger partial charge in [0.25, 0.3) is 0 Å². The Morgan fingerprint density at radius 2 is 1.84 bits per heavy atom. The van der Waals surface area contributed by atoms with E-state index in [9.17, 15) is 9.59 Å². The fourth-order valence-corrected chi connectivity index (χ4v) is 2.52. The van der Waals surface area contributed by atoms with Crippen LogP contribution in [0.25, 0.3) is 0 Å². The van der Waals surface area contributed by atoms with Crippen molar-refractivity contribution in [2.75, 3.05) is 17.3 Å². The molecule has 25 heavy (non-hydrogen) atoms. The van der Waals surface area contributed by atoms with E-state index in [4.69, 9.17) is 12.2 Å². The van der Waals surface area contributed by atoms with Crippen molar-refractivity contribution in [3.8, 4) is 0 Å². The zero-order chi connectivity index (χ0) is 18.4. The summed E-state index contributed by atoms with van der Waals surface area (Å²) in [7, 11) is 1.70. The van der Waals surface area contributed by atoms with Gasteiger partial charge in [-0.15, -0.1) is 0 Å². The number of carbonyl (C=O) groups excluding carboxylic acids is 2. The second-order valence-electron chi connectivity index (χ2n) is 5.73. The molecule has 0 bridgehead atoms. The standard InChI is InChI=1S/C19H21N3O2S/c1-13-7-4-5-8-15(13)11-18(24)21-19(25)20-16-9-6-10-17(12-16)22(3)14(2)23/h4-10,12H,11H2,1-3H3,(H2,20,21,24,25). The molecule has 130 valence electrons. The Morgan fingerprint density at radius 1 is 1.12 bits per heavy atom. The fraction of sp³-hybridized carbons (Fsp3) is 0.211. The summed E-state index contributed by atoms with van der Waals surface area (Å²) in [5, 5.41) is 5.87. The van der Waals surface area contributed by atoms with Gasteiger partial charge in [0.05, 0.1) is 6.42 Å². The zero-order valence-corrected chi connectivity index (χ0v) is 15.3. The number of hydrogen-bond donors (Lipinski definition) is 2. The second kappa shape index (κ2) is 8.39. The molecule has 0 heterocycles. The number of rotatable bonds is 4. The molecule has 0 aromatic heterocycles. The van der Waals surface area contributed by atoms with Crippen LogP contribution in [0.4, 0.5) is 11.4 Å². The molecule has 0 unspecified atom stereocenters. The predicted molar refractivity (Wildman–Crippen MR) is 105 cm³/mol. The monoisotopic (exact) mass is 355 g/mol. The van der Waals surface area contributed by atoms with Crippen LogP contribution in [0.5, 0.6) is 0 Å². The molecular formula is C19H21N3O2S. The molecule has 2 amide bonds. The van der Waals surface area contributed by atoms with Crippen LogP contribution in [0, 0.1) is 6.92 Å². The molecule has 2 N–H and O–H groups in total. The molecule has 0 atom stereocenters. The van der Waals surface area contributed by atoms with Crippen LogP contribution in [0.2, 0.25) is 0 Å². The van der Waals surface area contributed by atoms with E-state index in [-0.39, 0.29) is 23.3 Å². The van der Waals surface area contributed by atoms with E-state index in [1.165, 1.54) is 11.8 Å². The smallest absolute Gasteiger partial charge is 0.230 e. The lowest BCUT2D eigenvalue weighted by atomic mass is 10.1. The van der Waals surface area contributed by atoms with E-state index < -0.39 is 0 Å². The normalized spacial score (nSPS) is 10.0. The van der Waals surface area contributed by atoms with Gasteiger partial charge in [-0.3, -0.25) is 9.59 Å². The first-order chi connectivity index (χ1) is 11.9. The van der Waals surface area contributed by atoms with Gasteiger partial charge in [-0.2, -0.15) is 0 Å². The Morgan fingerprint density at radius 3 is 2.52 bits per heavy atom. The molecule has 0 spiro atoms. The van der Waals surface area contributed by atoms with E-state index in [0.717, 1.165) is 16.8 Å². The van der Waals surface area contributed by atoms with Crippen molar-refractivity contribution < 1.29 is 9.59 Å². The van der Waals surface area contributed by atoms with Gasteiger partial charge in [0.2, 0.25) is 11.8 Å². The minimum Gasteiger partial charge on any atom is -0.332 e. The summed E-state index contributed by atoms with van der Waals surface area (Å²) in [5.41, 5.74) is 3.47. The quantitative estimate of drug-likeness (QED) is 0.828. The number of aryl methyl sites for hydroxylation is 1.